The number of carbonyl (C=O) groups excluding carboxylic acids is 1. The van der Waals surface area contributed by atoms with Gasteiger partial charge in [0.05, 0.1) is 12.0 Å². The van der Waals surface area contributed by atoms with Gasteiger partial charge in [-0.15, -0.1) is 0 Å². The summed E-state index contributed by atoms with van der Waals surface area (Å²) in [5, 5.41) is 11.5. The third kappa shape index (κ3) is 4.43. The normalized spacial score (nSPS) is 14.7. The van der Waals surface area contributed by atoms with E-state index < -0.39 is 10.8 Å². The predicted molar refractivity (Wildman–Crippen MR) is 96.2 cm³/mol. The molecule has 0 atom stereocenters. The van der Waals surface area contributed by atoms with Gasteiger partial charge in [0.2, 0.25) is 5.88 Å². The van der Waals surface area contributed by atoms with E-state index in [1.54, 1.807) is 11.0 Å². The van der Waals surface area contributed by atoms with Crippen molar-refractivity contribution in [1.82, 2.24) is 14.9 Å². The van der Waals surface area contributed by atoms with Crippen molar-refractivity contribution in [1.29, 1.82) is 0 Å². The van der Waals surface area contributed by atoms with Crippen LogP contribution in [-0.4, -0.2) is 52.0 Å². The second-order valence-electron chi connectivity index (χ2n) is 5.91. The number of hydrogen-bond acceptors (Lipinski definition) is 7. The summed E-state index contributed by atoms with van der Waals surface area (Å²) in [4.78, 5) is 32.9. The molecule has 0 bridgehead atoms. The Morgan fingerprint density at radius 3 is 2.74 bits per heavy atom. The third-order valence-electron chi connectivity index (χ3n) is 4.19. The SMILES string of the molecule is COc1nccc(OC2CCN(C(=O)c3cc(Cl)ccc3[N+](=O)[O-])CC2)n1. The summed E-state index contributed by atoms with van der Waals surface area (Å²) in [6, 6.07) is 5.82. The molecule has 0 N–H and O–H groups in total. The Kier molecular flexibility index (Phi) is 5.70. The summed E-state index contributed by atoms with van der Waals surface area (Å²) in [6.07, 6.45) is 2.57. The molecule has 0 radical (unpaired) electrons. The molecule has 2 heterocycles. The number of halogens is 1. The zero-order valence-electron chi connectivity index (χ0n) is 14.5. The number of piperidine rings is 1. The maximum absolute atomic E-state index is 12.7. The molecule has 0 aliphatic carbocycles. The molecule has 1 aromatic carbocycles. The van der Waals surface area contributed by atoms with Gasteiger partial charge in [0.1, 0.15) is 11.7 Å². The monoisotopic (exact) mass is 392 g/mol. The number of benzene rings is 1. The number of carbonyl (C=O) groups is 1. The number of nitro groups is 1. The number of hydrogen-bond donors (Lipinski definition) is 0. The molecule has 1 fully saturated rings. The Hall–Kier alpha value is -2.94. The summed E-state index contributed by atoms with van der Waals surface area (Å²) in [7, 11) is 1.47. The first-order chi connectivity index (χ1) is 13.0. The third-order valence-corrected chi connectivity index (χ3v) is 4.43. The summed E-state index contributed by atoms with van der Waals surface area (Å²) in [5.74, 6) is -0.0107. The van der Waals surface area contributed by atoms with E-state index in [4.69, 9.17) is 21.1 Å². The quantitative estimate of drug-likeness (QED) is 0.568. The van der Waals surface area contributed by atoms with Crippen molar-refractivity contribution in [2.75, 3.05) is 20.2 Å². The van der Waals surface area contributed by atoms with Crippen LogP contribution in [0.15, 0.2) is 30.5 Å². The molecule has 0 spiro atoms. The van der Waals surface area contributed by atoms with E-state index in [9.17, 15) is 14.9 Å². The first-order valence-corrected chi connectivity index (χ1v) is 8.62. The van der Waals surface area contributed by atoms with Crippen molar-refractivity contribution in [3.63, 3.8) is 0 Å². The lowest BCUT2D eigenvalue weighted by molar-refractivity contribution is -0.385. The highest BCUT2D eigenvalue weighted by atomic mass is 35.5. The van der Waals surface area contributed by atoms with E-state index in [1.807, 2.05) is 0 Å². The van der Waals surface area contributed by atoms with E-state index in [0.717, 1.165) is 0 Å². The number of ether oxygens (including phenoxy) is 2. The van der Waals surface area contributed by atoms with E-state index in [0.29, 0.717) is 31.8 Å². The number of aromatic nitrogens is 2. The summed E-state index contributed by atoms with van der Waals surface area (Å²) < 4.78 is 10.8. The van der Waals surface area contributed by atoms with Gasteiger partial charge < -0.3 is 14.4 Å². The zero-order chi connectivity index (χ0) is 19.4. The molecule has 0 unspecified atom stereocenters. The maximum Gasteiger partial charge on any atom is 0.319 e. The molecule has 1 aliphatic rings. The number of rotatable bonds is 5. The highest BCUT2D eigenvalue weighted by Gasteiger charge is 2.29. The number of methoxy groups -OCH3 is 1. The minimum atomic E-state index is -0.581. The van der Waals surface area contributed by atoms with Gasteiger partial charge in [0, 0.05) is 49.3 Å². The smallest absolute Gasteiger partial charge is 0.319 e. The van der Waals surface area contributed by atoms with Crippen LogP contribution in [0.4, 0.5) is 5.69 Å². The molecule has 27 heavy (non-hydrogen) atoms. The Balaban J connectivity index is 1.64. The molecule has 3 rings (SSSR count). The Morgan fingerprint density at radius 1 is 1.33 bits per heavy atom. The molecule has 10 heteroatoms. The lowest BCUT2D eigenvalue weighted by Crippen LogP contribution is -2.42. The van der Waals surface area contributed by atoms with Crippen LogP contribution in [0.25, 0.3) is 0 Å². The molecule has 1 aromatic heterocycles. The van der Waals surface area contributed by atoms with Gasteiger partial charge >= 0.3 is 6.01 Å². The molecule has 9 nitrogen and oxygen atoms in total. The molecular formula is C17H17ClN4O5. The molecule has 1 amide bonds. The second kappa shape index (κ2) is 8.17. The van der Waals surface area contributed by atoms with Crippen molar-refractivity contribution < 1.29 is 19.2 Å². The Labute approximate surface area is 160 Å². The van der Waals surface area contributed by atoms with E-state index >= 15 is 0 Å². The summed E-state index contributed by atoms with van der Waals surface area (Å²) >= 11 is 5.91. The fourth-order valence-electron chi connectivity index (χ4n) is 2.85. The zero-order valence-corrected chi connectivity index (χ0v) is 15.3. The fraction of sp³-hybridized carbons (Fsp3) is 0.353. The molecule has 142 valence electrons. The van der Waals surface area contributed by atoms with E-state index in [2.05, 4.69) is 9.97 Å². The molecule has 0 saturated carbocycles. The number of nitro benzene ring substituents is 1. The van der Waals surface area contributed by atoms with Crippen molar-refractivity contribution in [2.45, 2.75) is 18.9 Å². The highest BCUT2D eigenvalue weighted by Crippen LogP contribution is 2.26. The van der Waals surface area contributed by atoms with Crippen LogP contribution in [-0.2, 0) is 0 Å². The van der Waals surface area contributed by atoms with Gasteiger partial charge in [0.25, 0.3) is 11.6 Å². The molecule has 1 aliphatic heterocycles. The summed E-state index contributed by atoms with van der Waals surface area (Å²) in [6.45, 7) is 0.824. The minimum absolute atomic E-state index is 0.00703. The largest absolute Gasteiger partial charge is 0.474 e. The highest BCUT2D eigenvalue weighted by molar-refractivity contribution is 6.31. The lowest BCUT2D eigenvalue weighted by atomic mass is 10.1. The van der Waals surface area contributed by atoms with Crippen LogP contribution < -0.4 is 9.47 Å². The van der Waals surface area contributed by atoms with Crippen molar-refractivity contribution in [3.8, 4) is 11.9 Å². The summed E-state index contributed by atoms with van der Waals surface area (Å²) in [5.41, 5.74) is -0.261. The van der Waals surface area contributed by atoms with Crippen molar-refractivity contribution >= 4 is 23.2 Å². The van der Waals surface area contributed by atoms with Crippen LogP contribution in [0.2, 0.25) is 5.02 Å². The average Bonchev–Trinajstić information content (AvgIpc) is 2.68. The fourth-order valence-corrected chi connectivity index (χ4v) is 3.02. The lowest BCUT2D eigenvalue weighted by Gasteiger charge is -2.31. The first kappa shape index (κ1) is 18.8. The Bertz CT molecular complexity index is 855. The van der Waals surface area contributed by atoms with Gasteiger partial charge in [0.15, 0.2) is 0 Å². The molecular weight excluding hydrogens is 376 g/mol. The van der Waals surface area contributed by atoms with Gasteiger partial charge in [-0.05, 0) is 12.1 Å². The number of amides is 1. The second-order valence-corrected chi connectivity index (χ2v) is 6.35. The minimum Gasteiger partial charge on any atom is -0.474 e. The van der Waals surface area contributed by atoms with Crippen LogP contribution in [0.1, 0.15) is 23.2 Å². The van der Waals surface area contributed by atoms with Crippen molar-refractivity contribution in [3.05, 3.63) is 51.2 Å². The van der Waals surface area contributed by atoms with Gasteiger partial charge in [-0.3, -0.25) is 14.9 Å². The average molecular weight is 393 g/mol. The number of nitrogens with zero attached hydrogens (tertiary/aromatic N) is 4. The number of likely N-dealkylation sites (tertiary alicyclic amines) is 1. The maximum atomic E-state index is 12.7. The van der Waals surface area contributed by atoms with Gasteiger partial charge in [-0.2, -0.15) is 4.98 Å². The van der Waals surface area contributed by atoms with Gasteiger partial charge in [-0.25, -0.2) is 4.98 Å². The van der Waals surface area contributed by atoms with Crippen LogP contribution in [0, 0.1) is 10.1 Å². The molecule has 2 aromatic rings. The topological polar surface area (TPSA) is 108 Å². The first-order valence-electron chi connectivity index (χ1n) is 8.25. The van der Waals surface area contributed by atoms with Gasteiger partial charge in [-0.1, -0.05) is 11.6 Å². The standard InChI is InChI=1S/C17H17ClN4O5/c1-26-17-19-7-4-15(20-17)27-12-5-8-21(9-6-12)16(23)13-10-11(18)2-3-14(13)22(24)25/h2-4,7,10,12H,5-6,8-9H2,1H3. The van der Waals surface area contributed by atoms with E-state index in [1.165, 1.54) is 31.5 Å². The van der Waals surface area contributed by atoms with Crippen LogP contribution in [0.3, 0.4) is 0 Å². The van der Waals surface area contributed by atoms with Crippen LogP contribution in [0.5, 0.6) is 11.9 Å². The molecule has 1 saturated heterocycles. The predicted octanol–water partition coefficient (Wildman–Crippen LogP) is 2.73. The van der Waals surface area contributed by atoms with Crippen molar-refractivity contribution in [2.24, 2.45) is 0 Å². The Morgan fingerprint density at radius 2 is 2.07 bits per heavy atom. The van der Waals surface area contributed by atoms with E-state index in [-0.39, 0.29) is 28.4 Å². The van der Waals surface area contributed by atoms with Crippen LogP contribution >= 0.6 is 11.6 Å².